The number of aldehydes is 1. The lowest BCUT2D eigenvalue weighted by molar-refractivity contribution is -0.109. The Hall–Kier alpha value is -3.22. The maximum Gasteiger partial charge on any atom is 0.152 e. The number of benzene rings is 1. The van der Waals surface area contributed by atoms with Crippen LogP contribution in [-0.4, -0.2) is 53.6 Å². The van der Waals surface area contributed by atoms with Crippen molar-refractivity contribution in [3.8, 4) is 5.75 Å². The van der Waals surface area contributed by atoms with Crippen molar-refractivity contribution in [1.82, 2.24) is 9.97 Å². The highest BCUT2D eigenvalue weighted by Crippen LogP contribution is 2.29. The molecule has 3 heterocycles. The monoisotopic (exact) mass is 365 g/mol. The minimum atomic E-state index is -0.281. The highest BCUT2D eigenvalue weighted by atomic mass is 16.3. The first-order valence-corrected chi connectivity index (χ1v) is 9.17. The lowest BCUT2D eigenvalue weighted by atomic mass is 10.1. The number of pyridine rings is 1. The van der Waals surface area contributed by atoms with Crippen LogP contribution in [0, 0.1) is 0 Å². The van der Waals surface area contributed by atoms with Crippen LogP contribution in [-0.2, 0) is 4.79 Å². The van der Waals surface area contributed by atoms with Gasteiger partial charge in [-0.3, -0.25) is 0 Å². The summed E-state index contributed by atoms with van der Waals surface area (Å²) in [5.41, 5.74) is 1.92. The van der Waals surface area contributed by atoms with Gasteiger partial charge in [0, 0.05) is 43.3 Å². The van der Waals surface area contributed by atoms with E-state index in [0.717, 1.165) is 47.6 Å². The van der Waals surface area contributed by atoms with Crippen molar-refractivity contribution in [3.63, 3.8) is 0 Å². The number of piperazine rings is 1. The number of nitrogens with one attached hydrogen (secondary N) is 2. The molecule has 0 amide bonds. The van der Waals surface area contributed by atoms with E-state index in [4.69, 9.17) is 0 Å². The van der Waals surface area contributed by atoms with Crippen LogP contribution in [0.25, 0.3) is 10.9 Å². The third kappa shape index (κ3) is 3.28. The molecule has 2 aromatic heterocycles. The lowest BCUT2D eigenvalue weighted by Crippen LogP contribution is -2.54. The molecule has 1 atom stereocenters. The quantitative estimate of drug-likeness (QED) is 0.603. The number of aromatic amines is 1. The van der Waals surface area contributed by atoms with Crippen LogP contribution in [0.5, 0.6) is 5.75 Å². The normalized spacial score (nSPS) is 17.3. The second-order valence-corrected chi connectivity index (χ2v) is 6.67. The number of phenolic OH excluding ortho intramolecular Hbond substituents is 1. The van der Waals surface area contributed by atoms with Crippen molar-refractivity contribution in [2.45, 2.75) is 13.0 Å². The zero-order valence-electron chi connectivity index (χ0n) is 15.2. The Morgan fingerprint density at radius 2 is 2.22 bits per heavy atom. The van der Waals surface area contributed by atoms with E-state index in [1.165, 1.54) is 0 Å². The Kier molecular flexibility index (Phi) is 4.58. The Labute approximate surface area is 157 Å². The van der Waals surface area contributed by atoms with Gasteiger partial charge in [0.1, 0.15) is 23.9 Å². The molecule has 0 radical (unpaired) electrons. The zero-order chi connectivity index (χ0) is 18.8. The molecule has 27 heavy (non-hydrogen) atoms. The predicted molar refractivity (Wildman–Crippen MR) is 108 cm³/mol. The number of H-pyrrole nitrogens is 1. The summed E-state index contributed by atoms with van der Waals surface area (Å²) >= 11 is 0. The number of carbonyl (C=O) groups excluding carboxylic acids is 1. The summed E-state index contributed by atoms with van der Waals surface area (Å²) in [4.78, 5) is 24.0. The molecular weight excluding hydrogens is 342 g/mol. The summed E-state index contributed by atoms with van der Waals surface area (Å²) in [7, 11) is 0. The van der Waals surface area contributed by atoms with E-state index in [0.29, 0.717) is 13.1 Å². The molecule has 3 N–H and O–H groups in total. The molecule has 0 bridgehead atoms. The number of nitrogens with zero attached hydrogens (tertiary/aromatic N) is 3. The molecule has 1 fully saturated rings. The fourth-order valence-electron chi connectivity index (χ4n) is 3.65. The van der Waals surface area contributed by atoms with Crippen molar-refractivity contribution < 1.29 is 9.90 Å². The summed E-state index contributed by atoms with van der Waals surface area (Å²) in [6.07, 6.45) is 2.77. The molecule has 7 heteroatoms. The van der Waals surface area contributed by atoms with Gasteiger partial charge in [-0.15, -0.1) is 0 Å². The topological polar surface area (TPSA) is 84.5 Å². The second-order valence-electron chi connectivity index (χ2n) is 6.67. The smallest absolute Gasteiger partial charge is 0.152 e. The summed E-state index contributed by atoms with van der Waals surface area (Å²) in [6, 6.07) is 10.8. The molecule has 0 aliphatic carbocycles. The van der Waals surface area contributed by atoms with Crippen LogP contribution in [0.4, 0.5) is 17.3 Å². The first kappa shape index (κ1) is 17.2. The van der Waals surface area contributed by atoms with Crippen molar-refractivity contribution in [2.75, 3.05) is 41.3 Å². The minimum Gasteiger partial charge on any atom is -0.508 e. The highest BCUT2D eigenvalue weighted by molar-refractivity contribution is 5.86. The van der Waals surface area contributed by atoms with E-state index < -0.39 is 0 Å². The van der Waals surface area contributed by atoms with Crippen LogP contribution >= 0.6 is 0 Å². The van der Waals surface area contributed by atoms with Crippen LogP contribution in [0.3, 0.4) is 0 Å². The Bertz CT molecular complexity index is 954. The van der Waals surface area contributed by atoms with Gasteiger partial charge in [-0.05, 0) is 43.3 Å². The molecule has 0 spiro atoms. The van der Waals surface area contributed by atoms with Crippen molar-refractivity contribution >= 4 is 34.5 Å². The minimum absolute atomic E-state index is 0.232. The Balaban J connectivity index is 1.59. The maximum absolute atomic E-state index is 11.8. The van der Waals surface area contributed by atoms with Gasteiger partial charge in [0.15, 0.2) is 5.82 Å². The maximum atomic E-state index is 11.8. The zero-order valence-corrected chi connectivity index (χ0v) is 15.2. The van der Waals surface area contributed by atoms with Crippen LogP contribution < -0.4 is 15.1 Å². The number of rotatable bonds is 5. The predicted octanol–water partition coefficient (Wildman–Crippen LogP) is 2.59. The van der Waals surface area contributed by atoms with Crippen LogP contribution in [0.1, 0.15) is 6.92 Å². The molecule has 1 aliphatic heterocycles. The number of aromatic hydroxyl groups is 1. The fraction of sp³-hybridized carbons (Fsp3) is 0.300. The number of fused-ring (bicyclic) bond motifs is 1. The van der Waals surface area contributed by atoms with Gasteiger partial charge in [-0.1, -0.05) is 0 Å². The number of carbonyl (C=O) groups is 1. The molecule has 1 aromatic carbocycles. The Morgan fingerprint density at radius 3 is 3.04 bits per heavy atom. The fourth-order valence-corrected chi connectivity index (χ4v) is 3.65. The molecule has 1 unspecified atom stereocenters. The average molecular weight is 365 g/mol. The average Bonchev–Trinajstić information content (AvgIpc) is 3.11. The third-order valence-corrected chi connectivity index (χ3v) is 4.93. The number of hydrogen-bond acceptors (Lipinski definition) is 6. The molecule has 3 aromatic rings. The highest BCUT2D eigenvalue weighted by Gasteiger charge is 2.29. The van der Waals surface area contributed by atoms with E-state index in [1.54, 1.807) is 18.3 Å². The van der Waals surface area contributed by atoms with Gasteiger partial charge in [0.05, 0.1) is 5.69 Å². The molecule has 140 valence electrons. The van der Waals surface area contributed by atoms with E-state index in [2.05, 4.69) is 32.0 Å². The summed E-state index contributed by atoms with van der Waals surface area (Å²) < 4.78 is 0. The van der Waals surface area contributed by atoms with E-state index >= 15 is 0 Å². The molecular formula is C20H23N5O2. The van der Waals surface area contributed by atoms with E-state index in [9.17, 15) is 9.90 Å². The number of phenols is 1. The third-order valence-electron chi connectivity index (χ3n) is 4.93. The standard InChI is InChI=1S/C20H23N5O2/c1-2-21-18-4-3-7-22-20(18)24-8-9-25(15(12-24)13-26)19-11-14-10-16(27)5-6-17(14)23-19/h3-7,10-11,13,15,21,23,27H,2,8-9,12H2,1H3. The van der Waals surface area contributed by atoms with Gasteiger partial charge in [-0.2, -0.15) is 0 Å². The van der Waals surface area contributed by atoms with Crippen molar-refractivity contribution in [1.29, 1.82) is 0 Å². The molecule has 7 nitrogen and oxygen atoms in total. The van der Waals surface area contributed by atoms with Crippen molar-refractivity contribution in [3.05, 3.63) is 42.6 Å². The summed E-state index contributed by atoms with van der Waals surface area (Å²) in [5.74, 6) is 2.00. The number of aromatic nitrogens is 2. The first-order chi connectivity index (χ1) is 13.2. The lowest BCUT2D eigenvalue weighted by Gasteiger charge is -2.40. The summed E-state index contributed by atoms with van der Waals surface area (Å²) in [5, 5.41) is 13.9. The SMILES string of the molecule is CCNc1cccnc1N1CCN(c2cc3cc(O)ccc3[nH]2)C(C=O)C1. The first-order valence-electron chi connectivity index (χ1n) is 9.17. The number of anilines is 3. The number of hydrogen-bond donors (Lipinski definition) is 3. The van der Waals surface area contributed by atoms with Gasteiger partial charge >= 0.3 is 0 Å². The van der Waals surface area contributed by atoms with E-state index in [-0.39, 0.29) is 11.8 Å². The van der Waals surface area contributed by atoms with Gasteiger partial charge in [-0.25, -0.2) is 4.98 Å². The molecule has 4 rings (SSSR count). The van der Waals surface area contributed by atoms with Gasteiger partial charge < -0.3 is 30.0 Å². The molecule has 1 saturated heterocycles. The van der Waals surface area contributed by atoms with Gasteiger partial charge in [0.2, 0.25) is 0 Å². The van der Waals surface area contributed by atoms with Crippen LogP contribution in [0.15, 0.2) is 42.6 Å². The van der Waals surface area contributed by atoms with Crippen molar-refractivity contribution in [2.24, 2.45) is 0 Å². The molecule has 0 saturated carbocycles. The van der Waals surface area contributed by atoms with Crippen LogP contribution in [0.2, 0.25) is 0 Å². The Morgan fingerprint density at radius 1 is 1.33 bits per heavy atom. The summed E-state index contributed by atoms with van der Waals surface area (Å²) in [6.45, 7) is 4.90. The molecule has 1 aliphatic rings. The van der Waals surface area contributed by atoms with Gasteiger partial charge in [0.25, 0.3) is 0 Å². The largest absolute Gasteiger partial charge is 0.508 e. The second kappa shape index (κ2) is 7.19. The van der Waals surface area contributed by atoms with E-state index in [1.807, 2.05) is 24.3 Å².